The first-order chi connectivity index (χ1) is 20.9. The van der Waals surface area contributed by atoms with Crippen LogP contribution in [-0.2, 0) is 43.2 Å². The Bertz CT molecular complexity index is 1120. The van der Waals surface area contributed by atoms with Crippen molar-refractivity contribution in [3.8, 4) is 0 Å². The maximum Gasteiger partial charge on any atom is 0.326 e. The lowest BCUT2D eigenvalue weighted by Gasteiger charge is -2.25. The summed E-state index contributed by atoms with van der Waals surface area (Å²) >= 11 is 0. The van der Waals surface area contributed by atoms with Gasteiger partial charge in [-0.2, -0.15) is 0 Å². The van der Waals surface area contributed by atoms with E-state index < -0.39 is 141 Å². The molecule has 0 heterocycles. The zero-order valence-corrected chi connectivity index (χ0v) is 24.2. The number of nitrogens with two attached hydrogens (primary N) is 2. The number of carbonyl (C=O) groups is 9. The Kier molecular flexibility index (Phi) is 17.9. The summed E-state index contributed by atoms with van der Waals surface area (Å²) in [6, 6.07) is -7.96. The fourth-order valence-electron chi connectivity index (χ4n) is 3.43. The van der Waals surface area contributed by atoms with E-state index in [0.717, 1.165) is 6.92 Å². The minimum Gasteiger partial charge on any atom is -0.481 e. The van der Waals surface area contributed by atoms with Gasteiger partial charge in [-0.15, -0.1) is 0 Å². The van der Waals surface area contributed by atoms with Gasteiger partial charge in [0, 0.05) is 19.3 Å². The average molecular weight is 650 g/mol. The van der Waals surface area contributed by atoms with Gasteiger partial charge < -0.3 is 63.6 Å². The van der Waals surface area contributed by atoms with Gasteiger partial charge in [-0.25, -0.2) is 4.79 Å². The fraction of sp³-hybridized carbons (Fsp3) is 0.625. The molecule has 0 saturated carbocycles. The number of primary amides is 1. The topological polar surface area (TPSA) is 367 Å². The number of amides is 6. The highest BCUT2D eigenvalue weighted by Crippen LogP contribution is 2.04. The summed E-state index contributed by atoms with van der Waals surface area (Å²) in [6.07, 6.45) is -4.60. The molecule has 0 aliphatic heterocycles. The summed E-state index contributed by atoms with van der Waals surface area (Å²) < 4.78 is 0. The van der Waals surface area contributed by atoms with Crippen LogP contribution in [0.5, 0.6) is 0 Å². The van der Waals surface area contributed by atoms with Gasteiger partial charge >= 0.3 is 17.9 Å². The number of aliphatic carboxylic acids is 3. The highest BCUT2D eigenvalue weighted by molar-refractivity contribution is 5.95. The molecule has 0 saturated heterocycles. The molecule has 0 fully saturated rings. The third-order valence-electron chi connectivity index (χ3n) is 5.89. The normalized spacial score (nSPS) is 14.7. The Morgan fingerprint density at radius 1 is 0.667 bits per heavy atom. The lowest BCUT2D eigenvalue weighted by atomic mass is 10.1. The van der Waals surface area contributed by atoms with Crippen LogP contribution in [0.1, 0.15) is 45.4 Å². The number of carboxylic acid groups (broad SMARTS) is 3. The summed E-state index contributed by atoms with van der Waals surface area (Å²) in [4.78, 5) is 107. The van der Waals surface area contributed by atoms with E-state index in [1.165, 1.54) is 0 Å². The van der Waals surface area contributed by atoms with Crippen molar-refractivity contribution in [3.63, 3.8) is 0 Å². The maximum atomic E-state index is 12.8. The van der Waals surface area contributed by atoms with E-state index in [0.29, 0.717) is 0 Å². The van der Waals surface area contributed by atoms with Crippen LogP contribution in [0.25, 0.3) is 0 Å². The van der Waals surface area contributed by atoms with Crippen LogP contribution in [0.2, 0.25) is 0 Å². The van der Waals surface area contributed by atoms with Crippen molar-refractivity contribution in [1.82, 2.24) is 26.6 Å². The Balaban J connectivity index is 5.53. The second-order valence-electron chi connectivity index (χ2n) is 9.68. The summed E-state index contributed by atoms with van der Waals surface area (Å²) in [5, 5.41) is 56.6. The summed E-state index contributed by atoms with van der Waals surface area (Å²) in [7, 11) is 0. The van der Waals surface area contributed by atoms with Crippen LogP contribution in [-0.4, -0.2) is 128 Å². The molecule has 0 aliphatic carbocycles. The van der Waals surface area contributed by atoms with E-state index in [2.05, 4.69) is 21.3 Å². The molecule has 45 heavy (non-hydrogen) atoms. The first-order valence-electron chi connectivity index (χ1n) is 13.4. The number of aliphatic hydroxyl groups excluding tert-OH is 2. The molecule has 0 spiro atoms. The third-order valence-corrected chi connectivity index (χ3v) is 5.89. The largest absolute Gasteiger partial charge is 0.481 e. The molecule has 21 heteroatoms. The molecule has 0 aliphatic rings. The number of rotatable bonds is 22. The van der Waals surface area contributed by atoms with Gasteiger partial charge in [0.2, 0.25) is 35.4 Å². The van der Waals surface area contributed by atoms with E-state index >= 15 is 0 Å². The van der Waals surface area contributed by atoms with Crippen LogP contribution < -0.4 is 38.1 Å². The molecule has 14 N–H and O–H groups in total. The Hall–Kier alpha value is -4.89. The zero-order chi connectivity index (χ0) is 34.9. The van der Waals surface area contributed by atoms with Crippen LogP contribution in [0.15, 0.2) is 0 Å². The van der Waals surface area contributed by atoms with Gasteiger partial charge in [0.05, 0.1) is 19.3 Å². The van der Waals surface area contributed by atoms with Gasteiger partial charge in [0.1, 0.15) is 30.2 Å². The highest BCUT2D eigenvalue weighted by atomic mass is 16.4. The summed E-state index contributed by atoms with van der Waals surface area (Å²) in [5.41, 5.74) is 10.5. The van der Waals surface area contributed by atoms with Crippen molar-refractivity contribution in [3.05, 3.63) is 0 Å². The molecular formula is C24H39N7O14. The Labute approximate surface area is 255 Å². The zero-order valence-electron chi connectivity index (χ0n) is 24.2. The minimum absolute atomic E-state index is 0.401. The summed E-state index contributed by atoms with van der Waals surface area (Å²) in [6.45, 7) is -0.579. The predicted molar refractivity (Wildman–Crippen MR) is 147 cm³/mol. The van der Waals surface area contributed by atoms with E-state index in [4.69, 9.17) is 26.8 Å². The van der Waals surface area contributed by atoms with Crippen molar-refractivity contribution in [2.45, 2.75) is 81.8 Å². The van der Waals surface area contributed by atoms with Crippen LogP contribution in [0, 0.1) is 0 Å². The number of carbonyl (C=O) groups excluding carboxylic acids is 6. The van der Waals surface area contributed by atoms with Gasteiger partial charge in [-0.05, 0) is 26.2 Å². The summed E-state index contributed by atoms with van der Waals surface area (Å²) in [5.74, 6) is -10.5. The van der Waals surface area contributed by atoms with Crippen molar-refractivity contribution in [2.24, 2.45) is 11.5 Å². The Morgan fingerprint density at radius 3 is 1.60 bits per heavy atom. The van der Waals surface area contributed by atoms with E-state index in [1.807, 2.05) is 5.32 Å². The standard InChI is InChI=1S/C24H39N7O14/c1-10(33)19(31-22(42)13(3-6-17(36)37)29-20(40)11(25)9-32)23(43)27-8-16(35)28-12(2-5-15(26)34)21(41)30-14(24(44)45)4-7-18(38)39/h10-14,19,32-33H,2-9,25H2,1H3,(H2,26,34)(H,27,43)(H,28,35)(H,29,40)(H,30,41)(H,31,42)(H,36,37)(H,38,39)(H,44,45)/t10-,11+,12+,13+,14+,19+/m1/s1. The van der Waals surface area contributed by atoms with Gasteiger partial charge in [-0.3, -0.25) is 38.4 Å². The quantitative estimate of drug-likeness (QED) is 0.0519. The molecule has 0 aromatic heterocycles. The monoisotopic (exact) mass is 649 g/mol. The molecular weight excluding hydrogens is 610 g/mol. The molecule has 254 valence electrons. The predicted octanol–water partition coefficient (Wildman–Crippen LogP) is -6.18. The lowest BCUT2D eigenvalue weighted by molar-refractivity contribution is -0.143. The number of hydrogen-bond donors (Lipinski definition) is 12. The van der Waals surface area contributed by atoms with Gasteiger partial charge in [-0.1, -0.05) is 0 Å². The van der Waals surface area contributed by atoms with Gasteiger partial charge in [0.15, 0.2) is 0 Å². The Morgan fingerprint density at radius 2 is 1.13 bits per heavy atom. The highest BCUT2D eigenvalue weighted by Gasteiger charge is 2.32. The average Bonchev–Trinajstić information content (AvgIpc) is 2.95. The molecule has 0 rings (SSSR count). The first kappa shape index (κ1) is 40.1. The van der Waals surface area contributed by atoms with Gasteiger partial charge in [0.25, 0.3) is 0 Å². The van der Waals surface area contributed by atoms with E-state index in [-0.39, 0.29) is 0 Å². The number of nitrogens with one attached hydrogen (secondary N) is 5. The molecule has 0 aromatic carbocycles. The number of carboxylic acids is 3. The fourth-order valence-corrected chi connectivity index (χ4v) is 3.43. The molecule has 0 bridgehead atoms. The molecule has 21 nitrogen and oxygen atoms in total. The molecule has 0 aromatic rings. The van der Waals surface area contributed by atoms with E-state index in [1.54, 1.807) is 0 Å². The van der Waals surface area contributed by atoms with Crippen molar-refractivity contribution in [2.75, 3.05) is 13.2 Å². The smallest absolute Gasteiger partial charge is 0.326 e. The lowest BCUT2D eigenvalue weighted by Crippen LogP contribution is -2.59. The minimum atomic E-state index is -1.75. The van der Waals surface area contributed by atoms with Crippen LogP contribution >= 0.6 is 0 Å². The molecule has 6 atom stereocenters. The molecule has 0 unspecified atom stereocenters. The molecule has 6 amide bonds. The van der Waals surface area contributed by atoms with E-state index in [9.17, 15) is 53.4 Å². The number of aliphatic hydroxyl groups is 2. The second kappa shape index (κ2) is 20.1. The SMILES string of the molecule is C[C@@H](O)[C@H](NC(=O)[C@H](CCC(=O)O)NC(=O)[C@@H](N)CO)C(=O)NCC(=O)N[C@@H](CCC(N)=O)C(=O)N[C@@H](CCC(=O)O)C(=O)O. The maximum absolute atomic E-state index is 12.8. The number of hydrogen-bond acceptors (Lipinski definition) is 12. The second-order valence-corrected chi connectivity index (χ2v) is 9.68. The van der Waals surface area contributed by atoms with Crippen molar-refractivity contribution >= 4 is 53.4 Å². The molecule has 0 radical (unpaired) electrons. The van der Waals surface area contributed by atoms with Crippen molar-refractivity contribution in [1.29, 1.82) is 0 Å². The third kappa shape index (κ3) is 16.5. The van der Waals surface area contributed by atoms with Crippen molar-refractivity contribution < 1.29 is 68.7 Å². The van der Waals surface area contributed by atoms with Crippen LogP contribution in [0.4, 0.5) is 0 Å². The first-order valence-corrected chi connectivity index (χ1v) is 13.4. The van der Waals surface area contributed by atoms with Crippen LogP contribution in [0.3, 0.4) is 0 Å².